The zero-order valence-corrected chi connectivity index (χ0v) is 12.5. The van der Waals surface area contributed by atoms with Crippen LogP contribution >= 0.6 is 11.3 Å². The Kier molecular flexibility index (Phi) is 3.57. The van der Waals surface area contributed by atoms with Gasteiger partial charge >= 0.3 is 0 Å². The number of benzene rings is 1. The van der Waals surface area contributed by atoms with E-state index in [1.165, 1.54) is 0 Å². The largest absolute Gasteiger partial charge is 0.495 e. The van der Waals surface area contributed by atoms with Crippen LogP contribution in [0.5, 0.6) is 5.75 Å². The van der Waals surface area contributed by atoms with E-state index in [0.29, 0.717) is 29.6 Å². The summed E-state index contributed by atoms with van der Waals surface area (Å²) in [6, 6.07) is 5.36. The zero-order valence-electron chi connectivity index (χ0n) is 11.7. The van der Waals surface area contributed by atoms with Crippen molar-refractivity contribution in [3.63, 3.8) is 0 Å². The van der Waals surface area contributed by atoms with Gasteiger partial charge < -0.3 is 15.0 Å². The molecule has 6 nitrogen and oxygen atoms in total. The van der Waals surface area contributed by atoms with Crippen LogP contribution in [-0.4, -0.2) is 22.2 Å². The summed E-state index contributed by atoms with van der Waals surface area (Å²) in [5, 5.41) is 6.95. The smallest absolute Gasteiger partial charge is 0.258 e. The number of aromatic nitrogens is 3. The minimum atomic E-state index is 0.438. The third kappa shape index (κ3) is 2.87. The Morgan fingerprint density at radius 3 is 2.86 bits per heavy atom. The van der Waals surface area contributed by atoms with Crippen molar-refractivity contribution in [2.45, 2.75) is 13.3 Å². The summed E-state index contributed by atoms with van der Waals surface area (Å²) in [6.45, 7) is 1.96. The number of hydrogen-bond donors (Lipinski definition) is 1. The average Bonchev–Trinajstić information content (AvgIpc) is 3.08. The number of nitrogen functional groups attached to an aromatic ring is 1. The summed E-state index contributed by atoms with van der Waals surface area (Å²) < 4.78 is 10.4. The van der Waals surface area contributed by atoms with Crippen molar-refractivity contribution in [2.75, 3.05) is 12.8 Å². The van der Waals surface area contributed by atoms with E-state index in [-0.39, 0.29) is 0 Å². The summed E-state index contributed by atoms with van der Waals surface area (Å²) >= 11 is 1.59. The second-order valence-electron chi connectivity index (χ2n) is 4.53. The summed E-state index contributed by atoms with van der Waals surface area (Å²) in [5.41, 5.74) is 8.18. The Hall–Kier alpha value is -2.41. The van der Waals surface area contributed by atoms with Crippen molar-refractivity contribution in [2.24, 2.45) is 0 Å². The van der Waals surface area contributed by atoms with E-state index >= 15 is 0 Å². The number of thiazole rings is 1. The maximum Gasteiger partial charge on any atom is 0.258 e. The van der Waals surface area contributed by atoms with Gasteiger partial charge in [-0.3, -0.25) is 0 Å². The van der Waals surface area contributed by atoms with Gasteiger partial charge in [0.25, 0.3) is 5.89 Å². The van der Waals surface area contributed by atoms with Crippen molar-refractivity contribution < 1.29 is 9.26 Å². The Morgan fingerprint density at radius 2 is 2.19 bits per heavy atom. The number of aryl methyl sites for hydroxylation is 1. The first kappa shape index (κ1) is 13.6. The van der Waals surface area contributed by atoms with Crippen LogP contribution < -0.4 is 10.5 Å². The van der Waals surface area contributed by atoms with Gasteiger partial charge in [-0.15, -0.1) is 11.3 Å². The second-order valence-corrected chi connectivity index (χ2v) is 5.47. The first-order valence-electron chi connectivity index (χ1n) is 6.33. The molecule has 7 heteroatoms. The van der Waals surface area contributed by atoms with Crippen LogP contribution in [0.15, 0.2) is 28.1 Å². The molecule has 0 aliphatic carbocycles. The van der Waals surface area contributed by atoms with Gasteiger partial charge in [0.1, 0.15) is 10.8 Å². The average molecular weight is 302 g/mol. The predicted octanol–water partition coefficient (Wildman–Crippen LogP) is 2.68. The van der Waals surface area contributed by atoms with E-state index < -0.39 is 0 Å². The molecule has 2 N–H and O–H groups in total. The van der Waals surface area contributed by atoms with Crippen molar-refractivity contribution >= 4 is 17.0 Å². The van der Waals surface area contributed by atoms with E-state index in [0.717, 1.165) is 16.3 Å². The summed E-state index contributed by atoms with van der Waals surface area (Å²) in [4.78, 5) is 8.76. The molecule has 0 bridgehead atoms. The monoisotopic (exact) mass is 302 g/mol. The molecule has 0 fully saturated rings. The fourth-order valence-corrected chi connectivity index (χ4v) is 2.70. The molecule has 0 radical (unpaired) electrons. The fraction of sp³-hybridized carbons (Fsp3) is 0.214. The van der Waals surface area contributed by atoms with Crippen LogP contribution in [0.25, 0.3) is 11.5 Å². The minimum absolute atomic E-state index is 0.438. The highest BCUT2D eigenvalue weighted by molar-refractivity contribution is 7.09. The molecule has 0 spiro atoms. The highest BCUT2D eigenvalue weighted by Gasteiger charge is 2.12. The molecule has 0 saturated heterocycles. The van der Waals surface area contributed by atoms with Crippen molar-refractivity contribution in [3.05, 3.63) is 40.1 Å². The molecule has 0 amide bonds. The van der Waals surface area contributed by atoms with Crippen molar-refractivity contribution in [1.82, 2.24) is 15.1 Å². The molecule has 0 unspecified atom stereocenters. The highest BCUT2D eigenvalue weighted by atomic mass is 32.1. The second kappa shape index (κ2) is 5.53. The molecule has 1 aromatic carbocycles. The zero-order chi connectivity index (χ0) is 14.8. The number of anilines is 1. The molecule has 3 aromatic rings. The molecule has 108 valence electrons. The first-order valence-corrected chi connectivity index (χ1v) is 7.21. The highest BCUT2D eigenvalue weighted by Crippen LogP contribution is 2.27. The maximum absolute atomic E-state index is 5.88. The number of rotatable bonds is 4. The third-order valence-corrected chi connectivity index (χ3v) is 3.89. The van der Waals surface area contributed by atoms with E-state index in [9.17, 15) is 0 Å². The Bertz CT molecular complexity index is 766. The fourth-order valence-electron chi connectivity index (χ4n) is 1.93. The number of hydrogen-bond acceptors (Lipinski definition) is 7. The van der Waals surface area contributed by atoms with Gasteiger partial charge in [-0.25, -0.2) is 4.98 Å². The number of methoxy groups -OCH3 is 1. The summed E-state index contributed by atoms with van der Waals surface area (Å²) in [7, 11) is 1.58. The van der Waals surface area contributed by atoms with Crippen LogP contribution in [0.3, 0.4) is 0 Å². The molecule has 0 aliphatic rings. The van der Waals surface area contributed by atoms with Gasteiger partial charge in [0.05, 0.1) is 19.2 Å². The van der Waals surface area contributed by atoms with Gasteiger partial charge in [0, 0.05) is 16.6 Å². The maximum atomic E-state index is 5.88. The lowest BCUT2D eigenvalue weighted by atomic mass is 10.2. The number of nitrogens with two attached hydrogens (primary N) is 1. The van der Waals surface area contributed by atoms with Gasteiger partial charge in [-0.2, -0.15) is 4.98 Å². The SMILES string of the molecule is COc1ccc(-c2nc(Cc3nc(C)cs3)no2)cc1N. The molecule has 2 heterocycles. The van der Waals surface area contributed by atoms with Crippen molar-refractivity contribution in [3.8, 4) is 17.2 Å². The lowest BCUT2D eigenvalue weighted by molar-refractivity contribution is 0.416. The molecule has 3 rings (SSSR count). The molecule has 0 saturated carbocycles. The Labute approximate surface area is 125 Å². The van der Waals surface area contributed by atoms with Gasteiger partial charge in [0.15, 0.2) is 5.82 Å². The predicted molar refractivity (Wildman–Crippen MR) is 80.4 cm³/mol. The van der Waals surface area contributed by atoms with Crippen molar-refractivity contribution in [1.29, 1.82) is 0 Å². The molecule has 2 aromatic heterocycles. The van der Waals surface area contributed by atoms with Gasteiger partial charge in [0.2, 0.25) is 0 Å². The van der Waals surface area contributed by atoms with Crippen LogP contribution in [-0.2, 0) is 6.42 Å². The molecular weight excluding hydrogens is 288 g/mol. The molecule has 0 aliphatic heterocycles. The standard InChI is InChI=1S/C14H14N4O2S/c1-8-7-21-13(16-8)6-12-17-14(20-18-12)9-3-4-11(19-2)10(15)5-9/h3-5,7H,6,15H2,1-2H3. The van der Waals surface area contributed by atoms with Crippen LogP contribution in [0.2, 0.25) is 0 Å². The van der Waals surface area contributed by atoms with E-state index in [1.54, 1.807) is 30.6 Å². The summed E-state index contributed by atoms with van der Waals surface area (Å²) in [6.07, 6.45) is 0.563. The van der Waals surface area contributed by atoms with Crippen LogP contribution in [0.4, 0.5) is 5.69 Å². The summed E-state index contributed by atoms with van der Waals surface area (Å²) in [5.74, 6) is 1.66. The van der Waals surface area contributed by atoms with Crippen LogP contribution in [0.1, 0.15) is 16.5 Å². The number of ether oxygens (including phenoxy) is 1. The normalized spacial score (nSPS) is 10.8. The van der Waals surface area contributed by atoms with Crippen LogP contribution in [0, 0.1) is 6.92 Å². The Morgan fingerprint density at radius 1 is 1.33 bits per heavy atom. The quantitative estimate of drug-likeness (QED) is 0.746. The lowest BCUT2D eigenvalue weighted by Gasteiger charge is -2.04. The number of nitrogens with zero attached hydrogens (tertiary/aromatic N) is 3. The van der Waals surface area contributed by atoms with Gasteiger partial charge in [-0.1, -0.05) is 5.16 Å². The first-order chi connectivity index (χ1) is 10.2. The topological polar surface area (TPSA) is 87.1 Å². The van der Waals surface area contributed by atoms with E-state index in [1.807, 2.05) is 18.4 Å². The van der Waals surface area contributed by atoms with Gasteiger partial charge in [-0.05, 0) is 25.1 Å². The Balaban J connectivity index is 1.82. The van der Waals surface area contributed by atoms with E-state index in [4.69, 9.17) is 15.0 Å². The molecule has 21 heavy (non-hydrogen) atoms. The molecule has 0 atom stereocenters. The third-order valence-electron chi connectivity index (χ3n) is 2.92. The molecular formula is C14H14N4O2S. The minimum Gasteiger partial charge on any atom is -0.495 e. The lowest BCUT2D eigenvalue weighted by Crippen LogP contribution is -1.93. The van der Waals surface area contributed by atoms with E-state index in [2.05, 4.69) is 15.1 Å².